The standard InChI is InChI=1S/C12H18N2O3/c1-8(9-6-13-7-9)12(17)14(10-2-3-10)5-4-11(15)16/h10,13H,2-7H2,1H3,(H,15,16). The summed E-state index contributed by atoms with van der Waals surface area (Å²) in [4.78, 5) is 24.5. The number of rotatable bonds is 5. The molecule has 0 aromatic carbocycles. The molecule has 2 aliphatic rings. The van der Waals surface area contributed by atoms with Crippen molar-refractivity contribution < 1.29 is 14.7 Å². The fourth-order valence-corrected chi connectivity index (χ4v) is 1.93. The molecule has 0 radical (unpaired) electrons. The first kappa shape index (κ1) is 12.1. The lowest BCUT2D eigenvalue weighted by Gasteiger charge is -2.26. The lowest BCUT2D eigenvalue weighted by Crippen LogP contribution is -2.40. The van der Waals surface area contributed by atoms with E-state index in [1.807, 2.05) is 6.92 Å². The van der Waals surface area contributed by atoms with E-state index in [1.54, 1.807) is 4.90 Å². The zero-order valence-electron chi connectivity index (χ0n) is 10.0. The van der Waals surface area contributed by atoms with Gasteiger partial charge in [0.2, 0.25) is 5.91 Å². The molecule has 1 aliphatic heterocycles. The second-order valence-electron chi connectivity index (χ2n) is 4.71. The van der Waals surface area contributed by atoms with Gasteiger partial charge < -0.3 is 15.3 Å². The van der Waals surface area contributed by atoms with Gasteiger partial charge in [0.05, 0.1) is 6.42 Å². The normalized spacial score (nSPS) is 18.5. The first-order chi connectivity index (χ1) is 8.09. The summed E-state index contributed by atoms with van der Waals surface area (Å²) in [7, 11) is 0. The number of carbonyl (C=O) groups is 2. The van der Waals surface area contributed by atoms with Gasteiger partial charge in [-0.05, 0) is 25.3 Å². The van der Waals surface area contributed by atoms with Gasteiger partial charge in [-0.2, -0.15) is 0 Å². The van der Waals surface area contributed by atoms with Crippen molar-refractivity contribution in [2.24, 2.45) is 0 Å². The summed E-state index contributed by atoms with van der Waals surface area (Å²) in [5.74, 6) is -0.829. The molecule has 2 rings (SSSR count). The number of aliphatic carboxylic acids is 1. The highest BCUT2D eigenvalue weighted by atomic mass is 16.4. The third kappa shape index (κ3) is 2.85. The number of hydrogen-bond donors (Lipinski definition) is 2. The van der Waals surface area contributed by atoms with Crippen molar-refractivity contribution in [2.75, 3.05) is 19.6 Å². The van der Waals surface area contributed by atoms with Gasteiger partial charge in [-0.1, -0.05) is 0 Å². The SMILES string of the molecule is CC(C(=O)N(CCC(=O)O)C1CC1)=C1CNC1. The van der Waals surface area contributed by atoms with Crippen molar-refractivity contribution in [3.05, 3.63) is 11.1 Å². The molecule has 0 atom stereocenters. The maximum atomic E-state index is 12.2. The minimum Gasteiger partial charge on any atom is -0.481 e. The van der Waals surface area contributed by atoms with Gasteiger partial charge in [0.15, 0.2) is 0 Å². The Morgan fingerprint density at radius 3 is 2.47 bits per heavy atom. The van der Waals surface area contributed by atoms with E-state index in [4.69, 9.17) is 5.11 Å². The van der Waals surface area contributed by atoms with Crippen LogP contribution in [0.2, 0.25) is 0 Å². The second-order valence-corrected chi connectivity index (χ2v) is 4.71. The van der Waals surface area contributed by atoms with E-state index >= 15 is 0 Å². The number of nitrogens with one attached hydrogen (secondary N) is 1. The summed E-state index contributed by atoms with van der Waals surface area (Å²) in [6.07, 6.45) is 2.04. The number of carbonyl (C=O) groups excluding carboxylic acids is 1. The van der Waals surface area contributed by atoms with Crippen LogP contribution in [-0.4, -0.2) is 47.6 Å². The molecule has 0 bridgehead atoms. The van der Waals surface area contributed by atoms with Gasteiger partial charge in [-0.3, -0.25) is 9.59 Å². The molecule has 1 saturated heterocycles. The minimum atomic E-state index is -0.848. The molecular weight excluding hydrogens is 220 g/mol. The Kier molecular flexibility index (Phi) is 3.47. The van der Waals surface area contributed by atoms with Gasteiger partial charge in [0.1, 0.15) is 0 Å². The van der Waals surface area contributed by atoms with Crippen LogP contribution in [0.3, 0.4) is 0 Å². The second kappa shape index (κ2) is 4.87. The summed E-state index contributed by atoms with van der Waals surface area (Å²) in [6.45, 7) is 3.75. The van der Waals surface area contributed by atoms with Gasteiger partial charge >= 0.3 is 5.97 Å². The highest BCUT2D eigenvalue weighted by molar-refractivity contribution is 5.94. The van der Waals surface area contributed by atoms with Gasteiger partial charge in [0, 0.05) is 31.2 Å². The predicted molar refractivity (Wildman–Crippen MR) is 62.6 cm³/mol. The zero-order chi connectivity index (χ0) is 12.4. The monoisotopic (exact) mass is 238 g/mol. The number of amides is 1. The molecule has 17 heavy (non-hydrogen) atoms. The third-order valence-corrected chi connectivity index (χ3v) is 3.34. The van der Waals surface area contributed by atoms with Crippen LogP contribution in [0.4, 0.5) is 0 Å². The Labute approximate surface area is 100 Å². The Morgan fingerprint density at radius 1 is 1.41 bits per heavy atom. The van der Waals surface area contributed by atoms with Crippen molar-refractivity contribution in [3.63, 3.8) is 0 Å². The molecule has 5 heteroatoms. The summed E-state index contributed by atoms with van der Waals surface area (Å²) in [5.41, 5.74) is 1.94. The topological polar surface area (TPSA) is 69.6 Å². The Hall–Kier alpha value is -1.36. The molecule has 2 N–H and O–H groups in total. The summed E-state index contributed by atoms with van der Waals surface area (Å²) < 4.78 is 0. The fraction of sp³-hybridized carbons (Fsp3) is 0.667. The molecule has 94 valence electrons. The van der Waals surface area contributed by atoms with Crippen LogP contribution in [0.1, 0.15) is 26.2 Å². The quantitative estimate of drug-likeness (QED) is 0.679. The maximum absolute atomic E-state index is 12.2. The van der Waals surface area contributed by atoms with Crippen LogP contribution < -0.4 is 5.32 Å². The van der Waals surface area contributed by atoms with Crippen molar-refractivity contribution in [1.82, 2.24) is 10.2 Å². The van der Waals surface area contributed by atoms with E-state index in [2.05, 4.69) is 5.32 Å². The Balaban J connectivity index is 2.00. The molecule has 5 nitrogen and oxygen atoms in total. The molecule has 1 amide bonds. The molecule has 0 spiro atoms. The van der Waals surface area contributed by atoms with E-state index in [0.29, 0.717) is 6.54 Å². The van der Waals surface area contributed by atoms with Crippen molar-refractivity contribution >= 4 is 11.9 Å². The molecule has 0 unspecified atom stereocenters. The van der Waals surface area contributed by atoms with Crippen molar-refractivity contribution in [2.45, 2.75) is 32.2 Å². The number of hydrogen-bond acceptors (Lipinski definition) is 3. The fourth-order valence-electron chi connectivity index (χ4n) is 1.93. The van der Waals surface area contributed by atoms with E-state index in [-0.39, 0.29) is 18.4 Å². The maximum Gasteiger partial charge on any atom is 0.305 e. The van der Waals surface area contributed by atoms with Crippen LogP contribution in [-0.2, 0) is 9.59 Å². The molecule has 1 heterocycles. The lowest BCUT2D eigenvalue weighted by atomic mass is 10.0. The average Bonchev–Trinajstić information content (AvgIpc) is 2.98. The summed E-state index contributed by atoms with van der Waals surface area (Å²) >= 11 is 0. The number of carboxylic acids is 1. The van der Waals surface area contributed by atoms with E-state index < -0.39 is 5.97 Å². The van der Waals surface area contributed by atoms with Crippen LogP contribution in [0.15, 0.2) is 11.1 Å². The van der Waals surface area contributed by atoms with Gasteiger partial charge in [0.25, 0.3) is 0 Å². The minimum absolute atomic E-state index is 0.0188. The molecule has 0 aromatic rings. The van der Waals surface area contributed by atoms with Gasteiger partial charge in [-0.15, -0.1) is 0 Å². The average molecular weight is 238 g/mol. The zero-order valence-corrected chi connectivity index (χ0v) is 10.0. The molecule has 0 aromatic heterocycles. The Morgan fingerprint density at radius 2 is 2.06 bits per heavy atom. The van der Waals surface area contributed by atoms with E-state index in [9.17, 15) is 9.59 Å². The predicted octanol–water partition coefficient (Wildman–Crippen LogP) is 0.372. The smallest absolute Gasteiger partial charge is 0.305 e. The molecular formula is C12H18N2O3. The van der Waals surface area contributed by atoms with Crippen LogP contribution in [0.5, 0.6) is 0 Å². The molecule has 2 fully saturated rings. The number of carboxylic acid groups (broad SMARTS) is 1. The molecule has 1 saturated carbocycles. The van der Waals surface area contributed by atoms with Gasteiger partial charge in [-0.25, -0.2) is 0 Å². The van der Waals surface area contributed by atoms with E-state index in [1.165, 1.54) is 0 Å². The highest BCUT2D eigenvalue weighted by Crippen LogP contribution is 2.28. The largest absolute Gasteiger partial charge is 0.481 e. The number of nitrogens with zero attached hydrogens (tertiary/aromatic N) is 1. The van der Waals surface area contributed by atoms with Crippen LogP contribution in [0, 0.1) is 0 Å². The van der Waals surface area contributed by atoms with Crippen LogP contribution in [0.25, 0.3) is 0 Å². The summed E-state index contributed by atoms with van der Waals surface area (Å²) in [6, 6.07) is 0.269. The Bertz CT molecular complexity index is 366. The lowest BCUT2D eigenvalue weighted by molar-refractivity contribution is -0.138. The highest BCUT2D eigenvalue weighted by Gasteiger charge is 2.34. The third-order valence-electron chi connectivity index (χ3n) is 3.34. The summed E-state index contributed by atoms with van der Waals surface area (Å²) in [5, 5.41) is 11.8. The first-order valence-corrected chi connectivity index (χ1v) is 6.01. The van der Waals surface area contributed by atoms with Crippen molar-refractivity contribution in [1.29, 1.82) is 0 Å². The van der Waals surface area contributed by atoms with Crippen LogP contribution >= 0.6 is 0 Å². The van der Waals surface area contributed by atoms with Crippen molar-refractivity contribution in [3.8, 4) is 0 Å². The first-order valence-electron chi connectivity index (χ1n) is 6.01. The van der Waals surface area contributed by atoms with E-state index in [0.717, 1.165) is 37.1 Å². The molecule has 1 aliphatic carbocycles.